The summed E-state index contributed by atoms with van der Waals surface area (Å²) in [6.45, 7) is 5.41. The van der Waals surface area contributed by atoms with Crippen LogP contribution in [0, 0.1) is 11.3 Å². The Hall–Kier alpha value is -2.23. The van der Waals surface area contributed by atoms with Crippen molar-refractivity contribution in [2.75, 3.05) is 5.01 Å². The molecular weight excluding hydrogens is 283 g/mol. The summed E-state index contributed by atoms with van der Waals surface area (Å²) in [5, 5.41) is 14.4. The van der Waals surface area contributed by atoms with Gasteiger partial charge in [-0.05, 0) is 30.7 Å². The first kappa shape index (κ1) is 16.8. The van der Waals surface area contributed by atoms with Crippen LogP contribution >= 0.6 is 0 Å². The van der Waals surface area contributed by atoms with Gasteiger partial charge in [0.1, 0.15) is 11.8 Å². The lowest BCUT2D eigenvalue weighted by Gasteiger charge is -2.24. The molecule has 4 nitrogen and oxygen atoms in total. The number of hydrazone groups is 1. The molecule has 21 heavy (non-hydrogen) atoms. The fraction of sp³-hybridized carbons (Fsp3) is 0.429. The van der Waals surface area contributed by atoms with Gasteiger partial charge in [0.25, 0.3) is 0 Å². The Kier molecular flexibility index (Phi) is 6.03. The molecule has 1 aromatic rings. The standard InChI is InChI=1S/C14H16F3N3O/c1-3-4-5-12(10-18)20(19-2)11-6-8-13(9-7-11)21-14(15,16)17/h6-9,12H,2-5H2,1H3. The maximum atomic E-state index is 12.1. The molecule has 0 heterocycles. The van der Waals surface area contributed by atoms with E-state index in [1.54, 1.807) is 0 Å². The monoisotopic (exact) mass is 299 g/mol. The van der Waals surface area contributed by atoms with E-state index in [0.717, 1.165) is 12.8 Å². The lowest BCUT2D eigenvalue weighted by molar-refractivity contribution is -0.274. The minimum absolute atomic E-state index is 0.322. The molecule has 0 aliphatic carbocycles. The summed E-state index contributed by atoms with van der Waals surface area (Å²) >= 11 is 0. The molecule has 0 N–H and O–H groups in total. The highest BCUT2D eigenvalue weighted by Gasteiger charge is 2.31. The summed E-state index contributed by atoms with van der Waals surface area (Å²) in [5.41, 5.74) is 0.488. The van der Waals surface area contributed by atoms with Gasteiger partial charge in [0.15, 0.2) is 0 Å². The average molecular weight is 299 g/mol. The molecule has 0 fully saturated rings. The van der Waals surface area contributed by atoms with E-state index in [1.807, 2.05) is 6.92 Å². The molecule has 1 rings (SSSR count). The zero-order valence-corrected chi connectivity index (χ0v) is 11.6. The molecule has 0 aliphatic heterocycles. The van der Waals surface area contributed by atoms with Gasteiger partial charge in [-0.2, -0.15) is 10.4 Å². The number of alkyl halides is 3. The minimum Gasteiger partial charge on any atom is -0.406 e. The molecule has 0 amide bonds. The van der Waals surface area contributed by atoms with E-state index in [4.69, 9.17) is 0 Å². The third kappa shape index (κ3) is 5.34. The quantitative estimate of drug-likeness (QED) is 0.563. The summed E-state index contributed by atoms with van der Waals surface area (Å²) in [7, 11) is 0. The molecule has 7 heteroatoms. The molecular formula is C14H16F3N3O. The number of hydrogen-bond acceptors (Lipinski definition) is 4. The molecule has 114 valence electrons. The van der Waals surface area contributed by atoms with Crippen molar-refractivity contribution >= 4 is 12.4 Å². The number of anilines is 1. The van der Waals surface area contributed by atoms with Crippen LogP contribution in [-0.4, -0.2) is 19.1 Å². The van der Waals surface area contributed by atoms with E-state index >= 15 is 0 Å². The van der Waals surface area contributed by atoms with Crippen LogP contribution < -0.4 is 9.75 Å². The van der Waals surface area contributed by atoms with Gasteiger partial charge in [-0.1, -0.05) is 19.8 Å². The van der Waals surface area contributed by atoms with E-state index in [0.29, 0.717) is 12.1 Å². The first-order chi connectivity index (χ1) is 9.91. The Morgan fingerprint density at radius 1 is 1.38 bits per heavy atom. The van der Waals surface area contributed by atoms with Crippen LogP contribution in [0.1, 0.15) is 26.2 Å². The normalized spacial score (nSPS) is 12.3. The van der Waals surface area contributed by atoms with Crippen molar-refractivity contribution in [2.45, 2.75) is 38.6 Å². The highest BCUT2D eigenvalue weighted by molar-refractivity contribution is 5.52. The molecule has 0 aromatic heterocycles. The van der Waals surface area contributed by atoms with Gasteiger partial charge in [-0.25, -0.2) is 5.01 Å². The molecule has 0 aliphatic rings. The smallest absolute Gasteiger partial charge is 0.406 e. The van der Waals surface area contributed by atoms with Crippen LogP contribution in [0.5, 0.6) is 5.75 Å². The summed E-state index contributed by atoms with van der Waals surface area (Å²) in [6, 6.07) is 6.79. The van der Waals surface area contributed by atoms with Gasteiger partial charge >= 0.3 is 6.36 Å². The van der Waals surface area contributed by atoms with Crippen molar-refractivity contribution in [3.63, 3.8) is 0 Å². The van der Waals surface area contributed by atoms with Crippen LogP contribution in [0.2, 0.25) is 0 Å². The fourth-order valence-electron chi connectivity index (χ4n) is 1.80. The van der Waals surface area contributed by atoms with E-state index in [9.17, 15) is 18.4 Å². The predicted molar refractivity (Wildman–Crippen MR) is 74.1 cm³/mol. The molecule has 0 saturated heterocycles. The lowest BCUT2D eigenvalue weighted by atomic mass is 10.1. The van der Waals surface area contributed by atoms with Crippen LogP contribution in [-0.2, 0) is 0 Å². The van der Waals surface area contributed by atoms with Crippen LogP contribution in [0.4, 0.5) is 18.9 Å². The number of hydrogen-bond donors (Lipinski definition) is 0. The summed E-state index contributed by atoms with van der Waals surface area (Å²) < 4.78 is 40.0. The van der Waals surface area contributed by atoms with Gasteiger partial charge < -0.3 is 4.74 Å². The molecule has 0 spiro atoms. The number of benzene rings is 1. The van der Waals surface area contributed by atoms with E-state index < -0.39 is 12.4 Å². The van der Waals surface area contributed by atoms with Crippen molar-refractivity contribution in [2.24, 2.45) is 5.10 Å². The van der Waals surface area contributed by atoms with E-state index in [2.05, 4.69) is 22.6 Å². The van der Waals surface area contributed by atoms with E-state index in [1.165, 1.54) is 29.3 Å². The minimum atomic E-state index is -4.73. The summed E-state index contributed by atoms with van der Waals surface area (Å²) in [6.07, 6.45) is -2.35. The number of nitrogens with zero attached hydrogens (tertiary/aromatic N) is 3. The first-order valence-electron chi connectivity index (χ1n) is 6.42. The second-order valence-electron chi connectivity index (χ2n) is 4.31. The second-order valence-corrected chi connectivity index (χ2v) is 4.31. The van der Waals surface area contributed by atoms with Crippen molar-refractivity contribution in [1.82, 2.24) is 0 Å². The van der Waals surface area contributed by atoms with Gasteiger partial charge in [0, 0.05) is 6.72 Å². The predicted octanol–water partition coefficient (Wildman–Crippen LogP) is 4.09. The van der Waals surface area contributed by atoms with Gasteiger partial charge in [0.05, 0.1) is 11.8 Å². The Morgan fingerprint density at radius 3 is 2.43 bits per heavy atom. The van der Waals surface area contributed by atoms with Gasteiger partial charge in [-0.15, -0.1) is 13.2 Å². The second kappa shape index (κ2) is 7.53. The van der Waals surface area contributed by atoms with Crippen LogP contribution in [0.3, 0.4) is 0 Å². The SMILES string of the molecule is C=NN(c1ccc(OC(F)(F)F)cc1)C(C#N)CCCC. The van der Waals surface area contributed by atoms with Crippen molar-refractivity contribution in [3.05, 3.63) is 24.3 Å². The maximum Gasteiger partial charge on any atom is 0.573 e. The lowest BCUT2D eigenvalue weighted by Crippen LogP contribution is -2.29. The van der Waals surface area contributed by atoms with Gasteiger partial charge in [0.2, 0.25) is 0 Å². The summed E-state index contributed by atoms with van der Waals surface area (Å²) in [5.74, 6) is -0.322. The van der Waals surface area contributed by atoms with Crippen LogP contribution in [0.15, 0.2) is 29.4 Å². The Morgan fingerprint density at radius 2 is 2.00 bits per heavy atom. The Bertz CT molecular complexity index is 494. The maximum absolute atomic E-state index is 12.1. The number of ether oxygens (including phenoxy) is 1. The molecule has 0 radical (unpaired) electrons. The number of unbranched alkanes of at least 4 members (excludes halogenated alkanes) is 1. The van der Waals surface area contributed by atoms with Crippen molar-refractivity contribution in [1.29, 1.82) is 5.26 Å². The topological polar surface area (TPSA) is 48.6 Å². The Labute approximate surface area is 121 Å². The molecule has 1 atom stereocenters. The van der Waals surface area contributed by atoms with Gasteiger partial charge in [-0.3, -0.25) is 0 Å². The zero-order chi connectivity index (χ0) is 15.9. The molecule has 0 saturated carbocycles. The fourth-order valence-corrected chi connectivity index (χ4v) is 1.80. The highest BCUT2D eigenvalue weighted by Crippen LogP contribution is 2.27. The number of rotatable bonds is 7. The average Bonchev–Trinajstić information content (AvgIpc) is 2.43. The first-order valence-corrected chi connectivity index (χ1v) is 6.42. The largest absolute Gasteiger partial charge is 0.573 e. The molecule has 1 unspecified atom stereocenters. The number of nitriles is 1. The Balaban J connectivity index is 2.86. The summed E-state index contributed by atoms with van der Waals surface area (Å²) in [4.78, 5) is 0. The zero-order valence-electron chi connectivity index (χ0n) is 11.6. The van der Waals surface area contributed by atoms with E-state index in [-0.39, 0.29) is 5.75 Å². The van der Waals surface area contributed by atoms with Crippen LogP contribution in [0.25, 0.3) is 0 Å². The number of halogens is 3. The molecule has 1 aromatic carbocycles. The van der Waals surface area contributed by atoms with Crippen molar-refractivity contribution < 1.29 is 17.9 Å². The highest BCUT2D eigenvalue weighted by atomic mass is 19.4. The molecule has 0 bridgehead atoms. The van der Waals surface area contributed by atoms with Crippen molar-refractivity contribution in [3.8, 4) is 11.8 Å². The third-order valence-electron chi connectivity index (χ3n) is 2.76. The third-order valence-corrected chi connectivity index (χ3v) is 2.76.